The van der Waals surface area contributed by atoms with Crippen LogP contribution in [-0.2, 0) is 4.79 Å². The fourth-order valence-corrected chi connectivity index (χ4v) is 2.47. The first-order valence-corrected chi connectivity index (χ1v) is 5.88. The molecule has 0 N–H and O–H groups in total. The highest BCUT2D eigenvalue weighted by atomic mass is 16.6. The summed E-state index contributed by atoms with van der Waals surface area (Å²) in [6.07, 6.45) is 0.635. The van der Waals surface area contributed by atoms with E-state index in [0.717, 1.165) is 23.6 Å². The van der Waals surface area contributed by atoms with Crippen LogP contribution in [0.15, 0.2) is 18.2 Å². The van der Waals surface area contributed by atoms with Crippen molar-refractivity contribution < 1.29 is 14.3 Å². The predicted molar refractivity (Wildman–Crippen MR) is 62.4 cm³/mol. The Labute approximate surface area is 100 Å². The molecule has 0 spiro atoms. The van der Waals surface area contributed by atoms with E-state index in [4.69, 9.17) is 9.47 Å². The van der Waals surface area contributed by atoms with Gasteiger partial charge in [0.1, 0.15) is 13.2 Å². The average molecular weight is 233 g/mol. The third kappa shape index (κ3) is 1.78. The molecule has 3 rings (SSSR count). The number of ketones is 1. The summed E-state index contributed by atoms with van der Waals surface area (Å²) in [4.78, 5) is 13.9. The fraction of sp³-hybridized carbons (Fsp3) is 0.462. The van der Waals surface area contributed by atoms with Gasteiger partial charge in [-0.05, 0) is 24.7 Å². The number of likely N-dealkylation sites (N-methyl/N-ethyl adjacent to an activating group) is 1. The summed E-state index contributed by atoms with van der Waals surface area (Å²) in [6.45, 7) is 2.00. The van der Waals surface area contributed by atoms with E-state index in [-0.39, 0.29) is 11.8 Å². The van der Waals surface area contributed by atoms with Crippen LogP contribution in [0.5, 0.6) is 11.5 Å². The van der Waals surface area contributed by atoms with Gasteiger partial charge in [-0.3, -0.25) is 9.69 Å². The first-order valence-electron chi connectivity index (χ1n) is 5.88. The van der Waals surface area contributed by atoms with Crippen molar-refractivity contribution in [2.24, 2.45) is 0 Å². The van der Waals surface area contributed by atoms with Gasteiger partial charge >= 0.3 is 0 Å². The lowest BCUT2D eigenvalue weighted by Gasteiger charge is -2.22. The highest BCUT2D eigenvalue weighted by Gasteiger charge is 2.31. The molecule has 1 fully saturated rings. The number of rotatable bonds is 1. The average Bonchev–Trinajstić information content (AvgIpc) is 2.68. The monoisotopic (exact) mass is 233 g/mol. The van der Waals surface area contributed by atoms with Crippen molar-refractivity contribution in [2.45, 2.75) is 12.5 Å². The molecule has 2 aliphatic heterocycles. The lowest BCUT2D eigenvalue weighted by atomic mass is 10.0. The first-order chi connectivity index (χ1) is 8.25. The molecule has 1 atom stereocenters. The minimum absolute atomic E-state index is 0.120. The first kappa shape index (κ1) is 10.6. The van der Waals surface area contributed by atoms with Gasteiger partial charge in [-0.1, -0.05) is 6.07 Å². The van der Waals surface area contributed by atoms with E-state index < -0.39 is 0 Å². The van der Waals surface area contributed by atoms with Gasteiger partial charge in [0.2, 0.25) is 0 Å². The van der Waals surface area contributed by atoms with Crippen molar-refractivity contribution in [3.63, 3.8) is 0 Å². The quantitative estimate of drug-likeness (QED) is 0.735. The van der Waals surface area contributed by atoms with E-state index in [0.29, 0.717) is 19.6 Å². The summed E-state index contributed by atoms with van der Waals surface area (Å²) in [5, 5.41) is 0. The summed E-state index contributed by atoms with van der Waals surface area (Å²) in [6, 6.07) is 5.66. The molecule has 17 heavy (non-hydrogen) atoms. The predicted octanol–water partition coefficient (Wildman–Crippen LogP) is 1.40. The topological polar surface area (TPSA) is 38.8 Å². The molecule has 0 bridgehead atoms. The van der Waals surface area contributed by atoms with Gasteiger partial charge in [0, 0.05) is 13.0 Å². The SMILES string of the molecule is CN1CCC(=O)C1c1ccc2c(c1)OCCO2. The fourth-order valence-electron chi connectivity index (χ4n) is 2.47. The van der Waals surface area contributed by atoms with E-state index in [1.54, 1.807) is 0 Å². The standard InChI is InChI=1S/C13H15NO3/c1-14-5-4-10(15)13(14)9-2-3-11-12(8-9)17-7-6-16-11/h2-3,8,13H,4-7H2,1H3. The highest BCUT2D eigenvalue weighted by Crippen LogP contribution is 2.35. The maximum Gasteiger partial charge on any atom is 0.161 e. The van der Waals surface area contributed by atoms with Crippen LogP contribution >= 0.6 is 0 Å². The number of hydrogen-bond acceptors (Lipinski definition) is 4. The van der Waals surface area contributed by atoms with Crippen LogP contribution in [-0.4, -0.2) is 37.5 Å². The second kappa shape index (κ2) is 4.04. The smallest absolute Gasteiger partial charge is 0.161 e. The van der Waals surface area contributed by atoms with Gasteiger partial charge in [0.05, 0.1) is 6.04 Å². The Morgan fingerprint density at radius 3 is 2.71 bits per heavy atom. The molecule has 0 amide bonds. The van der Waals surface area contributed by atoms with Crippen molar-refractivity contribution in [1.82, 2.24) is 4.90 Å². The van der Waals surface area contributed by atoms with Crippen LogP contribution in [0.2, 0.25) is 0 Å². The number of carbonyl (C=O) groups excluding carboxylic acids is 1. The molecule has 4 nitrogen and oxygen atoms in total. The number of carbonyl (C=O) groups is 1. The molecule has 2 heterocycles. The van der Waals surface area contributed by atoms with Crippen molar-refractivity contribution in [2.75, 3.05) is 26.8 Å². The number of Topliss-reactive ketones (excluding diaryl/α,β-unsaturated/α-hetero) is 1. The lowest BCUT2D eigenvalue weighted by molar-refractivity contribution is -0.119. The Kier molecular flexibility index (Phi) is 2.52. The largest absolute Gasteiger partial charge is 0.486 e. The van der Waals surface area contributed by atoms with Crippen molar-refractivity contribution in [3.8, 4) is 11.5 Å². The molecule has 0 saturated carbocycles. The Morgan fingerprint density at radius 2 is 2.00 bits per heavy atom. The summed E-state index contributed by atoms with van der Waals surface area (Å²) in [5.74, 6) is 1.80. The molecule has 0 radical (unpaired) electrons. The molecule has 90 valence electrons. The molecule has 2 aliphatic rings. The number of nitrogens with zero attached hydrogens (tertiary/aromatic N) is 1. The second-order valence-corrected chi connectivity index (χ2v) is 4.50. The molecule has 1 aromatic rings. The minimum Gasteiger partial charge on any atom is -0.486 e. The maximum atomic E-state index is 11.8. The van der Waals surface area contributed by atoms with Gasteiger partial charge in [0.25, 0.3) is 0 Å². The molecule has 1 unspecified atom stereocenters. The second-order valence-electron chi connectivity index (χ2n) is 4.50. The molecule has 4 heteroatoms. The molecule has 1 aromatic carbocycles. The van der Waals surface area contributed by atoms with E-state index in [9.17, 15) is 4.79 Å². The molecule has 1 saturated heterocycles. The van der Waals surface area contributed by atoms with E-state index in [1.807, 2.05) is 25.2 Å². The van der Waals surface area contributed by atoms with Crippen LogP contribution in [0.4, 0.5) is 0 Å². The zero-order valence-electron chi connectivity index (χ0n) is 9.81. The molecular formula is C13H15NO3. The van der Waals surface area contributed by atoms with Crippen molar-refractivity contribution in [1.29, 1.82) is 0 Å². The zero-order chi connectivity index (χ0) is 11.8. The Balaban J connectivity index is 1.95. The third-order valence-electron chi connectivity index (χ3n) is 3.34. The van der Waals surface area contributed by atoms with Gasteiger partial charge in [-0.25, -0.2) is 0 Å². The number of hydrogen-bond donors (Lipinski definition) is 0. The number of likely N-dealkylation sites (tertiary alicyclic amines) is 1. The van der Waals surface area contributed by atoms with Gasteiger partial charge in [-0.15, -0.1) is 0 Å². The van der Waals surface area contributed by atoms with Crippen LogP contribution in [0, 0.1) is 0 Å². The maximum absolute atomic E-state index is 11.8. The molecular weight excluding hydrogens is 218 g/mol. The Bertz CT molecular complexity index is 458. The van der Waals surface area contributed by atoms with Crippen LogP contribution in [0.1, 0.15) is 18.0 Å². The van der Waals surface area contributed by atoms with E-state index >= 15 is 0 Å². The van der Waals surface area contributed by atoms with Gasteiger partial charge < -0.3 is 9.47 Å². The summed E-state index contributed by atoms with van der Waals surface area (Å²) >= 11 is 0. The summed E-state index contributed by atoms with van der Waals surface area (Å²) < 4.78 is 11.0. The normalized spacial score (nSPS) is 24.1. The zero-order valence-corrected chi connectivity index (χ0v) is 9.81. The van der Waals surface area contributed by atoms with Crippen LogP contribution < -0.4 is 9.47 Å². The summed E-state index contributed by atoms with van der Waals surface area (Å²) in [7, 11) is 1.98. The van der Waals surface area contributed by atoms with E-state index in [2.05, 4.69) is 4.90 Å². The molecule has 0 aromatic heterocycles. The number of benzene rings is 1. The van der Waals surface area contributed by atoms with Gasteiger partial charge in [-0.2, -0.15) is 0 Å². The number of ether oxygens (including phenoxy) is 2. The lowest BCUT2D eigenvalue weighted by Crippen LogP contribution is -2.22. The van der Waals surface area contributed by atoms with Crippen molar-refractivity contribution >= 4 is 5.78 Å². The Morgan fingerprint density at radius 1 is 1.24 bits per heavy atom. The number of fused-ring (bicyclic) bond motifs is 1. The highest BCUT2D eigenvalue weighted by molar-refractivity contribution is 5.87. The summed E-state index contributed by atoms with van der Waals surface area (Å²) in [5.41, 5.74) is 0.999. The van der Waals surface area contributed by atoms with Crippen molar-refractivity contribution in [3.05, 3.63) is 23.8 Å². The Hall–Kier alpha value is -1.55. The minimum atomic E-state index is -0.120. The van der Waals surface area contributed by atoms with Gasteiger partial charge in [0.15, 0.2) is 17.3 Å². The third-order valence-corrected chi connectivity index (χ3v) is 3.34. The molecule has 0 aliphatic carbocycles. The van der Waals surface area contributed by atoms with Crippen LogP contribution in [0.3, 0.4) is 0 Å². The van der Waals surface area contributed by atoms with Crippen LogP contribution in [0.25, 0.3) is 0 Å². The van der Waals surface area contributed by atoms with E-state index in [1.165, 1.54) is 0 Å².